The summed E-state index contributed by atoms with van der Waals surface area (Å²) in [5.41, 5.74) is 4.25. The Hall–Kier alpha value is -2.59. The Morgan fingerprint density at radius 3 is 2.34 bits per heavy atom. The summed E-state index contributed by atoms with van der Waals surface area (Å²) < 4.78 is 29.9. The summed E-state index contributed by atoms with van der Waals surface area (Å²) in [6, 6.07) is 14.1. The topological polar surface area (TPSA) is 89.3 Å². The van der Waals surface area contributed by atoms with Crippen molar-refractivity contribution in [1.82, 2.24) is 24.6 Å². The van der Waals surface area contributed by atoms with Crippen LogP contribution in [0.4, 0.5) is 5.69 Å². The first-order valence-electron chi connectivity index (χ1n) is 12.3. The van der Waals surface area contributed by atoms with Crippen molar-refractivity contribution in [1.29, 1.82) is 0 Å². The number of unbranched alkanes of at least 4 members (excludes halogenated alkanes) is 1. The minimum Gasteiger partial charge on any atom is -0.588 e. The molecule has 1 aliphatic rings. The third-order valence-electron chi connectivity index (χ3n) is 6.72. The first-order valence-corrected chi connectivity index (χ1v) is 13.8. The van der Waals surface area contributed by atoms with E-state index in [2.05, 4.69) is 54.9 Å². The van der Waals surface area contributed by atoms with Gasteiger partial charge in [0.05, 0.1) is 17.6 Å². The van der Waals surface area contributed by atoms with Crippen LogP contribution in [0.2, 0.25) is 0 Å². The van der Waals surface area contributed by atoms with E-state index in [0.717, 1.165) is 69.9 Å². The molecule has 1 atom stereocenters. The van der Waals surface area contributed by atoms with Crippen LogP contribution in [0, 0.1) is 13.8 Å². The van der Waals surface area contributed by atoms with Gasteiger partial charge in [-0.15, -0.1) is 0 Å². The minimum atomic E-state index is -3.70. The summed E-state index contributed by atoms with van der Waals surface area (Å²) in [6.45, 7) is 10.2. The van der Waals surface area contributed by atoms with Crippen LogP contribution in [0.3, 0.4) is 0 Å². The molecule has 0 amide bonds. The Balaban J connectivity index is 1.18. The van der Waals surface area contributed by atoms with Crippen molar-refractivity contribution in [2.45, 2.75) is 44.6 Å². The largest absolute Gasteiger partial charge is 0.588 e. The Morgan fingerprint density at radius 2 is 1.71 bits per heavy atom. The lowest BCUT2D eigenvalue weighted by molar-refractivity contribution is 0.125. The van der Waals surface area contributed by atoms with Crippen LogP contribution in [0.5, 0.6) is 0 Å². The Morgan fingerprint density at radius 1 is 1.00 bits per heavy atom. The lowest BCUT2D eigenvalue weighted by Gasteiger charge is -2.34. The van der Waals surface area contributed by atoms with Crippen LogP contribution in [-0.4, -0.2) is 61.8 Å². The molecule has 0 bridgehead atoms. The van der Waals surface area contributed by atoms with Crippen molar-refractivity contribution in [2.24, 2.45) is 7.05 Å². The highest BCUT2D eigenvalue weighted by molar-refractivity contribution is 7.98. The van der Waals surface area contributed by atoms with Crippen LogP contribution in [0.25, 0.3) is 0 Å². The second-order valence-electron chi connectivity index (χ2n) is 9.32. The molecule has 1 fully saturated rings. The molecule has 1 aromatic carbocycles. The van der Waals surface area contributed by atoms with Crippen LogP contribution in [0.1, 0.15) is 35.5 Å². The first-order chi connectivity index (χ1) is 16.8. The second kappa shape index (κ2) is 11.4. The average molecular weight is 497 g/mol. The highest BCUT2D eigenvalue weighted by Crippen LogP contribution is 2.25. The number of benzene rings is 1. The normalized spacial score (nSPS) is 16.8. The molecule has 188 valence electrons. The van der Waals surface area contributed by atoms with Crippen LogP contribution < -0.4 is 4.72 Å². The minimum absolute atomic E-state index is 0.164. The fourth-order valence-corrected chi connectivity index (χ4v) is 5.61. The maximum atomic E-state index is 12.8. The number of hydrogen-bond donors (Lipinski definition) is 1. The van der Waals surface area contributed by atoms with E-state index in [9.17, 15) is 8.76 Å². The third kappa shape index (κ3) is 6.76. The average Bonchev–Trinajstić information content (AvgIpc) is 3.09. The number of aromatic nitrogens is 3. The Kier molecular flexibility index (Phi) is 8.33. The van der Waals surface area contributed by atoms with E-state index in [1.807, 2.05) is 13.0 Å². The van der Waals surface area contributed by atoms with Gasteiger partial charge in [0.2, 0.25) is 0 Å². The first kappa shape index (κ1) is 25.5. The second-order valence-corrected chi connectivity index (χ2v) is 11.0. The molecule has 4 rings (SSSR count). The predicted octanol–water partition coefficient (Wildman–Crippen LogP) is 3.59. The van der Waals surface area contributed by atoms with E-state index >= 15 is 0 Å². The lowest BCUT2D eigenvalue weighted by Crippen LogP contribution is -2.46. The number of rotatable bonds is 10. The standard InChI is InChI=1S/C26H36N6O2S/c1-21-26(22(2)30(3)28-21)29-35(33,34)25-13-12-24(27-19-25)11-7-8-14-31-15-17-32(18-16-31)20-23-9-5-4-6-10-23/h4-6,9-10,12-13,19H,7-8,11,14-18,20H2,1-3H3,(H-,29,33,34). The van der Waals surface area contributed by atoms with Gasteiger partial charge >= 0.3 is 0 Å². The summed E-state index contributed by atoms with van der Waals surface area (Å²) >= 11 is 0. The summed E-state index contributed by atoms with van der Waals surface area (Å²) in [4.78, 5) is 9.64. The van der Waals surface area contributed by atoms with Gasteiger partial charge in [0.25, 0.3) is 0 Å². The monoisotopic (exact) mass is 496 g/mol. The van der Waals surface area contributed by atoms with Gasteiger partial charge in [-0.1, -0.05) is 34.5 Å². The predicted molar refractivity (Wildman–Crippen MR) is 139 cm³/mol. The van der Waals surface area contributed by atoms with Gasteiger partial charge in [0, 0.05) is 45.5 Å². The summed E-state index contributed by atoms with van der Waals surface area (Å²) in [7, 11) is -1.91. The van der Waals surface area contributed by atoms with Crippen molar-refractivity contribution < 1.29 is 8.76 Å². The van der Waals surface area contributed by atoms with Crippen molar-refractivity contribution in [3.05, 3.63) is 71.3 Å². The van der Waals surface area contributed by atoms with Crippen molar-refractivity contribution >= 4 is 16.1 Å². The number of piperazine rings is 1. The molecule has 3 heterocycles. The van der Waals surface area contributed by atoms with Gasteiger partial charge in [-0.2, -0.15) is 9.82 Å². The van der Waals surface area contributed by atoms with Crippen LogP contribution in [-0.2, 0) is 34.6 Å². The van der Waals surface area contributed by atoms with Crippen molar-refractivity contribution in [2.75, 3.05) is 37.4 Å². The molecule has 3 aromatic rings. The molecular weight excluding hydrogens is 460 g/mol. The SMILES string of the molecule is Cc1nn(C)c(C)c1N[S+](=O)([O-])c1ccc(CCCCN2CCN(Cc3ccccc3)CC2)nc1. The lowest BCUT2D eigenvalue weighted by atomic mass is 10.1. The molecule has 0 spiro atoms. The Bertz CT molecular complexity index is 1140. The van der Waals surface area contributed by atoms with E-state index in [0.29, 0.717) is 11.4 Å². The highest BCUT2D eigenvalue weighted by atomic mass is 32.3. The number of anilines is 1. The zero-order valence-corrected chi connectivity index (χ0v) is 21.8. The zero-order chi connectivity index (χ0) is 24.8. The number of hydrogen-bond acceptors (Lipinski definition) is 6. The molecule has 8 nitrogen and oxygen atoms in total. The number of aryl methyl sites for hydroxylation is 3. The van der Waals surface area contributed by atoms with E-state index in [-0.39, 0.29) is 4.90 Å². The molecule has 1 aliphatic heterocycles. The molecule has 35 heavy (non-hydrogen) atoms. The highest BCUT2D eigenvalue weighted by Gasteiger charge is 2.24. The molecule has 1 saturated heterocycles. The van der Waals surface area contributed by atoms with Crippen molar-refractivity contribution in [3.8, 4) is 0 Å². The van der Waals surface area contributed by atoms with Gasteiger partial charge in [0.1, 0.15) is 5.69 Å². The zero-order valence-electron chi connectivity index (χ0n) is 20.9. The molecule has 1 N–H and O–H groups in total. The smallest absolute Gasteiger partial charge is 0.198 e. The van der Waals surface area contributed by atoms with Gasteiger partial charge < -0.3 is 9.45 Å². The van der Waals surface area contributed by atoms with E-state index < -0.39 is 10.4 Å². The summed E-state index contributed by atoms with van der Waals surface area (Å²) in [5, 5.41) is 4.27. The third-order valence-corrected chi connectivity index (χ3v) is 8.06. The van der Waals surface area contributed by atoms with E-state index in [1.165, 1.54) is 11.8 Å². The fourth-order valence-electron chi connectivity index (χ4n) is 4.49. The van der Waals surface area contributed by atoms with Crippen LogP contribution >= 0.6 is 0 Å². The number of sulfonamides is 1. The van der Waals surface area contributed by atoms with Gasteiger partial charge in [-0.05, 0) is 57.4 Å². The van der Waals surface area contributed by atoms with Gasteiger partial charge in [-0.25, -0.2) is 0 Å². The van der Waals surface area contributed by atoms with Crippen molar-refractivity contribution in [3.63, 3.8) is 0 Å². The molecule has 0 aliphatic carbocycles. The summed E-state index contributed by atoms with van der Waals surface area (Å²) in [6.07, 6.45) is 4.45. The fraction of sp³-hybridized carbons (Fsp3) is 0.462. The molecule has 1 unspecified atom stereocenters. The van der Waals surface area contributed by atoms with Gasteiger partial charge in [-0.3, -0.25) is 14.6 Å². The number of pyridine rings is 1. The molecular formula is C26H36N6O2S. The maximum absolute atomic E-state index is 12.8. The molecule has 9 heteroatoms. The quantitative estimate of drug-likeness (QED) is 0.341. The Labute approximate surface area is 209 Å². The number of nitrogens with zero attached hydrogens (tertiary/aromatic N) is 5. The van der Waals surface area contributed by atoms with Crippen LogP contribution in [0.15, 0.2) is 53.6 Å². The van der Waals surface area contributed by atoms with Gasteiger partial charge in [0.15, 0.2) is 15.3 Å². The molecule has 0 radical (unpaired) electrons. The molecule has 0 saturated carbocycles. The van der Waals surface area contributed by atoms with E-state index in [1.54, 1.807) is 24.7 Å². The molecule has 2 aromatic heterocycles. The maximum Gasteiger partial charge on any atom is 0.198 e. The number of nitrogens with one attached hydrogen (secondary N) is 1. The summed E-state index contributed by atoms with van der Waals surface area (Å²) in [5.74, 6) is 0. The van der Waals surface area contributed by atoms with E-state index in [4.69, 9.17) is 0 Å².